The van der Waals surface area contributed by atoms with Crippen molar-refractivity contribution in [2.45, 2.75) is 13.5 Å². The third-order valence-electron chi connectivity index (χ3n) is 5.44. The van der Waals surface area contributed by atoms with Crippen molar-refractivity contribution in [3.05, 3.63) is 129 Å². The van der Waals surface area contributed by atoms with Crippen LogP contribution in [0, 0.1) is 12.7 Å². The van der Waals surface area contributed by atoms with Gasteiger partial charge in [-0.15, -0.1) is 0 Å². The first-order valence-electron chi connectivity index (χ1n) is 10.5. The molecule has 0 radical (unpaired) electrons. The molecular weight excluding hydrogens is 417 g/mol. The molecule has 4 rings (SSSR count). The summed E-state index contributed by atoms with van der Waals surface area (Å²) in [5.41, 5.74) is 3.10. The Bertz CT molecular complexity index is 1390. The Balaban J connectivity index is 1.95. The van der Waals surface area contributed by atoms with Crippen molar-refractivity contribution in [3.8, 4) is 11.1 Å². The third-order valence-corrected chi connectivity index (χ3v) is 5.44. The molecule has 5 heteroatoms. The number of nitrogens with zero attached hydrogens (tertiary/aromatic N) is 1. The molecule has 1 heterocycles. The van der Waals surface area contributed by atoms with Gasteiger partial charge in [0.05, 0.1) is 17.7 Å². The highest BCUT2D eigenvalue weighted by Crippen LogP contribution is 2.29. The Kier molecular flexibility index (Phi) is 6.31. The lowest BCUT2D eigenvalue weighted by molar-refractivity contribution is 0.0697. The van der Waals surface area contributed by atoms with E-state index in [0.29, 0.717) is 12.1 Å². The van der Waals surface area contributed by atoms with Gasteiger partial charge in [0.15, 0.2) is 0 Å². The van der Waals surface area contributed by atoms with Crippen LogP contribution in [-0.4, -0.2) is 15.6 Å². The predicted molar refractivity (Wildman–Crippen MR) is 129 cm³/mol. The van der Waals surface area contributed by atoms with E-state index in [1.54, 1.807) is 10.8 Å². The third kappa shape index (κ3) is 4.83. The summed E-state index contributed by atoms with van der Waals surface area (Å²) >= 11 is 0. The Morgan fingerprint density at radius 2 is 1.64 bits per heavy atom. The molecule has 1 aromatic heterocycles. The first-order valence-corrected chi connectivity index (χ1v) is 10.5. The Morgan fingerprint density at radius 1 is 0.970 bits per heavy atom. The van der Waals surface area contributed by atoms with Crippen molar-refractivity contribution in [1.82, 2.24) is 4.57 Å². The van der Waals surface area contributed by atoms with Crippen molar-refractivity contribution in [3.63, 3.8) is 0 Å². The number of benzene rings is 3. The standard InChI is InChI=1S/C28H22FNO3/c1-19-17-30(18-21-10-6-3-7-11-21)27(31)26(23(19)14-12-20-8-4-2-5-9-20)24-15-13-22(29)16-25(24)28(32)33/h2-17H,18H2,1H3,(H,32,33). The molecule has 3 aromatic carbocycles. The molecule has 0 aliphatic heterocycles. The van der Waals surface area contributed by atoms with Crippen LogP contribution in [-0.2, 0) is 6.54 Å². The quantitative estimate of drug-likeness (QED) is 0.408. The van der Waals surface area contributed by atoms with E-state index in [9.17, 15) is 19.1 Å². The Labute approximate surface area is 190 Å². The lowest BCUT2D eigenvalue weighted by atomic mass is 9.93. The first kappa shape index (κ1) is 22.0. The van der Waals surface area contributed by atoms with E-state index in [1.165, 1.54) is 12.1 Å². The van der Waals surface area contributed by atoms with Crippen molar-refractivity contribution in [2.24, 2.45) is 0 Å². The maximum Gasteiger partial charge on any atom is 0.336 e. The van der Waals surface area contributed by atoms with Crippen LogP contribution in [0.15, 0.2) is 89.9 Å². The average molecular weight is 439 g/mol. The number of pyridine rings is 1. The SMILES string of the molecule is Cc1cn(Cc2ccccc2)c(=O)c(-c2ccc(F)cc2C(=O)O)c1C=Cc1ccccc1. The minimum absolute atomic E-state index is 0.187. The molecule has 0 fully saturated rings. The number of carbonyl (C=O) groups is 1. The summed E-state index contributed by atoms with van der Waals surface area (Å²) in [5.74, 6) is -1.97. The van der Waals surface area contributed by atoms with Crippen LogP contribution in [0.4, 0.5) is 4.39 Å². The van der Waals surface area contributed by atoms with Gasteiger partial charge in [-0.05, 0) is 41.3 Å². The summed E-state index contributed by atoms with van der Waals surface area (Å²) in [6.45, 7) is 2.21. The molecule has 0 saturated heterocycles. The Hall–Kier alpha value is -4.25. The number of aryl methyl sites for hydroxylation is 1. The lowest BCUT2D eigenvalue weighted by Gasteiger charge is -2.16. The molecule has 0 saturated carbocycles. The predicted octanol–water partition coefficient (Wildman–Crippen LogP) is 5.88. The molecule has 0 aliphatic carbocycles. The fraction of sp³-hybridized carbons (Fsp3) is 0.0714. The van der Waals surface area contributed by atoms with E-state index in [-0.39, 0.29) is 22.2 Å². The van der Waals surface area contributed by atoms with Crippen molar-refractivity contribution < 1.29 is 14.3 Å². The molecule has 1 N–H and O–H groups in total. The molecule has 33 heavy (non-hydrogen) atoms. The smallest absolute Gasteiger partial charge is 0.336 e. The van der Waals surface area contributed by atoms with E-state index in [0.717, 1.165) is 22.8 Å². The molecule has 0 amide bonds. The zero-order chi connectivity index (χ0) is 23.4. The number of aromatic nitrogens is 1. The van der Waals surface area contributed by atoms with Gasteiger partial charge in [-0.2, -0.15) is 0 Å². The van der Waals surface area contributed by atoms with Gasteiger partial charge in [-0.25, -0.2) is 9.18 Å². The maximum atomic E-state index is 13.9. The number of carboxylic acid groups (broad SMARTS) is 1. The van der Waals surface area contributed by atoms with Gasteiger partial charge in [0.1, 0.15) is 5.82 Å². The van der Waals surface area contributed by atoms with E-state index in [2.05, 4.69) is 0 Å². The Morgan fingerprint density at radius 3 is 2.30 bits per heavy atom. The zero-order valence-corrected chi connectivity index (χ0v) is 18.0. The van der Waals surface area contributed by atoms with Gasteiger partial charge < -0.3 is 9.67 Å². The number of rotatable bonds is 6. The summed E-state index contributed by atoms with van der Waals surface area (Å²) in [5, 5.41) is 9.72. The van der Waals surface area contributed by atoms with Crippen LogP contribution in [0.1, 0.15) is 32.6 Å². The molecule has 0 atom stereocenters. The number of carboxylic acids is 1. The fourth-order valence-corrected chi connectivity index (χ4v) is 3.85. The van der Waals surface area contributed by atoms with Crippen LogP contribution < -0.4 is 5.56 Å². The fourth-order valence-electron chi connectivity index (χ4n) is 3.85. The van der Waals surface area contributed by atoms with Gasteiger partial charge in [-0.3, -0.25) is 4.79 Å². The van der Waals surface area contributed by atoms with Gasteiger partial charge >= 0.3 is 5.97 Å². The highest BCUT2D eigenvalue weighted by Gasteiger charge is 2.20. The second kappa shape index (κ2) is 9.49. The second-order valence-corrected chi connectivity index (χ2v) is 7.76. The van der Waals surface area contributed by atoms with Gasteiger partial charge in [0.2, 0.25) is 0 Å². The highest BCUT2D eigenvalue weighted by atomic mass is 19.1. The summed E-state index contributed by atoms with van der Waals surface area (Å²) in [7, 11) is 0. The number of aromatic carboxylic acids is 1. The van der Waals surface area contributed by atoms with Crippen LogP contribution in [0.5, 0.6) is 0 Å². The summed E-state index contributed by atoms with van der Waals surface area (Å²) < 4.78 is 15.4. The number of halogens is 1. The normalized spacial score (nSPS) is 11.1. The van der Waals surface area contributed by atoms with E-state index >= 15 is 0 Å². The zero-order valence-electron chi connectivity index (χ0n) is 18.0. The summed E-state index contributed by atoms with van der Waals surface area (Å²) in [6, 6.07) is 22.6. The van der Waals surface area contributed by atoms with Gasteiger partial charge in [0, 0.05) is 11.8 Å². The van der Waals surface area contributed by atoms with E-state index in [1.807, 2.05) is 79.7 Å². The van der Waals surface area contributed by atoms with E-state index in [4.69, 9.17) is 0 Å². The lowest BCUT2D eigenvalue weighted by Crippen LogP contribution is -2.24. The maximum absolute atomic E-state index is 13.9. The molecule has 4 aromatic rings. The highest BCUT2D eigenvalue weighted by molar-refractivity contribution is 5.98. The van der Waals surface area contributed by atoms with Crippen LogP contribution in [0.2, 0.25) is 0 Å². The minimum Gasteiger partial charge on any atom is -0.478 e. The molecule has 0 aliphatic rings. The second-order valence-electron chi connectivity index (χ2n) is 7.76. The minimum atomic E-state index is -1.29. The monoisotopic (exact) mass is 439 g/mol. The molecule has 0 spiro atoms. The topological polar surface area (TPSA) is 59.3 Å². The van der Waals surface area contributed by atoms with Crippen molar-refractivity contribution in [2.75, 3.05) is 0 Å². The first-order chi connectivity index (χ1) is 15.9. The molecule has 164 valence electrons. The van der Waals surface area contributed by atoms with Crippen LogP contribution in [0.3, 0.4) is 0 Å². The largest absolute Gasteiger partial charge is 0.478 e. The number of hydrogen-bond acceptors (Lipinski definition) is 2. The molecule has 4 nitrogen and oxygen atoms in total. The van der Waals surface area contributed by atoms with Crippen LogP contribution in [0.25, 0.3) is 23.3 Å². The average Bonchev–Trinajstić information content (AvgIpc) is 2.82. The van der Waals surface area contributed by atoms with Crippen molar-refractivity contribution >= 4 is 18.1 Å². The molecule has 0 bridgehead atoms. The van der Waals surface area contributed by atoms with Crippen molar-refractivity contribution in [1.29, 1.82) is 0 Å². The molecular formula is C28H22FNO3. The molecule has 0 unspecified atom stereocenters. The van der Waals surface area contributed by atoms with Gasteiger partial charge in [-0.1, -0.05) is 78.9 Å². The number of hydrogen-bond donors (Lipinski definition) is 1. The summed E-state index contributed by atoms with van der Waals surface area (Å²) in [6.07, 6.45) is 5.45. The van der Waals surface area contributed by atoms with Crippen LogP contribution >= 0.6 is 0 Å². The van der Waals surface area contributed by atoms with E-state index < -0.39 is 11.8 Å². The summed E-state index contributed by atoms with van der Waals surface area (Å²) in [4.78, 5) is 25.6. The van der Waals surface area contributed by atoms with Gasteiger partial charge in [0.25, 0.3) is 5.56 Å².